The fourth-order valence-corrected chi connectivity index (χ4v) is 7.04. The summed E-state index contributed by atoms with van der Waals surface area (Å²) in [6.07, 6.45) is 9.45. The van der Waals surface area contributed by atoms with Crippen molar-refractivity contribution in [2.45, 2.75) is 52.0 Å². The van der Waals surface area contributed by atoms with Crippen LogP contribution < -0.4 is 5.73 Å². The molecule has 8 heteroatoms. The number of nitrogens with two attached hydrogens (primary N) is 1. The first-order valence-corrected chi connectivity index (χ1v) is 14.4. The molecule has 6 nitrogen and oxygen atoms in total. The Morgan fingerprint density at radius 2 is 2.00 bits per heavy atom. The Hall–Kier alpha value is -1.87. The highest BCUT2D eigenvalue weighted by Gasteiger charge is 2.22. The number of hydrogen-bond donors (Lipinski definition) is 2. The molecule has 0 saturated carbocycles. The van der Waals surface area contributed by atoms with Gasteiger partial charge in [0.15, 0.2) is 0 Å². The average molecular weight is 498 g/mol. The van der Waals surface area contributed by atoms with Crippen molar-refractivity contribution in [1.82, 2.24) is 19.2 Å². The summed E-state index contributed by atoms with van der Waals surface area (Å²) in [7, 11) is 0. The third-order valence-corrected chi connectivity index (χ3v) is 9.01. The Labute approximate surface area is 210 Å². The SMILES string of the molecule is CCSN1CCC(Cc2c[nH]c3c(C(N)=O)cc(-c4csc(CN5CCCCC5)n4)cc23)CC1. The lowest BCUT2D eigenvalue weighted by Gasteiger charge is -2.30. The van der Waals surface area contributed by atoms with Crippen LogP contribution in [0.2, 0.25) is 0 Å². The van der Waals surface area contributed by atoms with Crippen LogP contribution in [0.3, 0.4) is 0 Å². The molecule has 1 amide bonds. The standard InChI is InChI=1S/C26H35N5OS2/c1-2-34-31-10-6-18(7-11-31)12-20-15-28-25-21(20)13-19(14-22(25)26(27)32)23-17-33-24(29-23)16-30-8-4-3-5-9-30/h13-15,17-18,28H,2-12,16H2,1H3,(H2,27,32). The third kappa shape index (κ3) is 5.35. The molecule has 2 aromatic heterocycles. The van der Waals surface area contributed by atoms with Crippen molar-refractivity contribution in [3.05, 3.63) is 39.8 Å². The van der Waals surface area contributed by atoms with E-state index in [1.165, 1.54) is 37.7 Å². The van der Waals surface area contributed by atoms with Crippen LogP contribution in [0.25, 0.3) is 22.2 Å². The number of carbonyl (C=O) groups excluding carboxylic acids is 1. The molecule has 2 saturated heterocycles. The van der Waals surface area contributed by atoms with Crippen LogP contribution in [-0.4, -0.2) is 57.0 Å². The zero-order chi connectivity index (χ0) is 23.5. The number of thiazole rings is 1. The molecule has 34 heavy (non-hydrogen) atoms. The zero-order valence-electron chi connectivity index (χ0n) is 20.0. The fourth-order valence-electron chi connectivity index (χ4n) is 5.36. The molecule has 0 unspecified atom stereocenters. The highest BCUT2D eigenvalue weighted by Crippen LogP contribution is 2.33. The fraction of sp³-hybridized carbons (Fsp3) is 0.538. The van der Waals surface area contributed by atoms with Gasteiger partial charge in [0.1, 0.15) is 5.01 Å². The highest BCUT2D eigenvalue weighted by molar-refractivity contribution is 7.96. The number of nitrogens with one attached hydrogen (secondary N) is 1. The van der Waals surface area contributed by atoms with Gasteiger partial charge in [-0.05, 0) is 68.8 Å². The Kier molecular flexibility index (Phi) is 7.58. The van der Waals surface area contributed by atoms with Crippen LogP contribution in [0.15, 0.2) is 23.7 Å². The van der Waals surface area contributed by atoms with Crippen molar-refractivity contribution in [3.8, 4) is 11.3 Å². The van der Waals surface area contributed by atoms with E-state index in [9.17, 15) is 4.79 Å². The molecule has 5 rings (SSSR count). The first-order valence-electron chi connectivity index (χ1n) is 12.6. The molecule has 2 fully saturated rings. The number of fused-ring (bicyclic) bond motifs is 1. The van der Waals surface area contributed by atoms with E-state index >= 15 is 0 Å². The van der Waals surface area contributed by atoms with Crippen LogP contribution in [0.5, 0.6) is 0 Å². The van der Waals surface area contributed by atoms with Gasteiger partial charge < -0.3 is 10.7 Å². The van der Waals surface area contributed by atoms with Crippen LogP contribution in [0, 0.1) is 5.92 Å². The second-order valence-corrected chi connectivity index (χ2v) is 11.9. The van der Waals surface area contributed by atoms with E-state index in [0.29, 0.717) is 11.5 Å². The van der Waals surface area contributed by atoms with Gasteiger partial charge in [-0.2, -0.15) is 0 Å². The molecule has 0 bridgehead atoms. The molecule has 3 N–H and O–H groups in total. The minimum absolute atomic E-state index is 0.395. The smallest absolute Gasteiger partial charge is 0.250 e. The van der Waals surface area contributed by atoms with Gasteiger partial charge in [-0.25, -0.2) is 4.98 Å². The molecule has 2 aliphatic rings. The topological polar surface area (TPSA) is 78.2 Å². The number of aromatic amines is 1. The van der Waals surface area contributed by atoms with Gasteiger partial charge >= 0.3 is 0 Å². The molecular weight excluding hydrogens is 462 g/mol. The van der Waals surface area contributed by atoms with E-state index in [1.807, 2.05) is 18.0 Å². The van der Waals surface area contributed by atoms with Crippen molar-refractivity contribution in [1.29, 1.82) is 0 Å². The van der Waals surface area contributed by atoms with Crippen molar-refractivity contribution in [2.75, 3.05) is 31.9 Å². The van der Waals surface area contributed by atoms with E-state index in [4.69, 9.17) is 10.7 Å². The quantitative estimate of drug-likeness (QED) is 0.413. The summed E-state index contributed by atoms with van der Waals surface area (Å²) in [5, 5.41) is 4.38. The van der Waals surface area contributed by atoms with E-state index in [0.717, 1.165) is 72.1 Å². The number of carbonyl (C=O) groups is 1. The molecule has 2 aliphatic heterocycles. The summed E-state index contributed by atoms with van der Waals surface area (Å²) in [6.45, 7) is 7.77. The Morgan fingerprint density at radius 1 is 1.21 bits per heavy atom. The van der Waals surface area contributed by atoms with Gasteiger partial charge in [-0.15, -0.1) is 11.3 Å². The first-order chi connectivity index (χ1) is 16.6. The van der Waals surface area contributed by atoms with Crippen molar-refractivity contribution in [3.63, 3.8) is 0 Å². The number of H-pyrrole nitrogens is 1. The molecule has 0 spiro atoms. The number of aromatic nitrogens is 2. The van der Waals surface area contributed by atoms with Crippen LogP contribution >= 0.6 is 23.3 Å². The Bertz CT molecular complexity index is 1130. The third-order valence-electron chi connectivity index (χ3n) is 7.19. The van der Waals surface area contributed by atoms with E-state index in [-0.39, 0.29) is 0 Å². The van der Waals surface area contributed by atoms with Gasteiger partial charge in [-0.3, -0.25) is 14.0 Å². The second kappa shape index (κ2) is 10.8. The lowest BCUT2D eigenvalue weighted by molar-refractivity contribution is 0.100. The normalized spacial score (nSPS) is 18.6. The Balaban J connectivity index is 1.38. The summed E-state index contributed by atoms with van der Waals surface area (Å²) in [6, 6.07) is 4.11. The van der Waals surface area contributed by atoms with Gasteiger partial charge in [0.05, 0.1) is 23.3 Å². The number of benzene rings is 1. The van der Waals surface area contributed by atoms with Gasteiger partial charge in [0, 0.05) is 41.4 Å². The highest BCUT2D eigenvalue weighted by atomic mass is 32.2. The minimum atomic E-state index is -0.395. The Morgan fingerprint density at radius 3 is 2.74 bits per heavy atom. The summed E-state index contributed by atoms with van der Waals surface area (Å²) in [5.74, 6) is 1.42. The minimum Gasteiger partial charge on any atom is -0.366 e. The summed E-state index contributed by atoms with van der Waals surface area (Å²) in [4.78, 5) is 23.1. The maximum absolute atomic E-state index is 12.3. The number of primary amides is 1. The predicted molar refractivity (Wildman–Crippen MR) is 143 cm³/mol. The van der Waals surface area contributed by atoms with E-state index in [1.54, 1.807) is 11.3 Å². The molecule has 3 aromatic rings. The summed E-state index contributed by atoms with van der Waals surface area (Å²) in [5.41, 5.74) is 10.4. The maximum atomic E-state index is 12.3. The predicted octanol–water partition coefficient (Wildman–Crippen LogP) is 5.30. The van der Waals surface area contributed by atoms with Crippen LogP contribution in [-0.2, 0) is 13.0 Å². The number of likely N-dealkylation sites (tertiary alicyclic amines) is 1. The average Bonchev–Trinajstić information content (AvgIpc) is 3.48. The van der Waals surface area contributed by atoms with Crippen LogP contribution in [0.4, 0.5) is 0 Å². The van der Waals surface area contributed by atoms with Gasteiger partial charge in [0.2, 0.25) is 0 Å². The lowest BCUT2D eigenvalue weighted by Crippen LogP contribution is -2.29. The van der Waals surface area contributed by atoms with Crippen molar-refractivity contribution in [2.24, 2.45) is 11.7 Å². The molecule has 1 aromatic carbocycles. The van der Waals surface area contributed by atoms with Crippen molar-refractivity contribution < 1.29 is 4.79 Å². The first kappa shape index (κ1) is 23.9. The number of hydrogen-bond acceptors (Lipinski definition) is 6. The molecule has 0 aliphatic carbocycles. The zero-order valence-corrected chi connectivity index (χ0v) is 21.6. The van der Waals surface area contributed by atoms with E-state index < -0.39 is 5.91 Å². The monoisotopic (exact) mass is 497 g/mol. The summed E-state index contributed by atoms with van der Waals surface area (Å²) >= 11 is 3.66. The molecule has 0 atom stereocenters. The molecule has 182 valence electrons. The largest absolute Gasteiger partial charge is 0.366 e. The maximum Gasteiger partial charge on any atom is 0.250 e. The summed E-state index contributed by atoms with van der Waals surface area (Å²) < 4.78 is 2.50. The lowest BCUT2D eigenvalue weighted by atomic mass is 9.90. The van der Waals surface area contributed by atoms with Crippen molar-refractivity contribution >= 4 is 40.1 Å². The van der Waals surface area contributed by atoms with Crippen LogP contribution in [0.1, 0.15) is 60.0 Å². The number of rotatable bonds is 8. The number of nitrogens with zero attached hydrogens (tertiary/aromatic N) is 3. The van der Waals surface area contributed by atoms with Gasteiger partial charge in [0.25, 0.3) is 5.91 Å². The second-order valence-electron chi connectivity index (χ2n) is 9.58. The molecular formula is C26H35N5OS2. The molecule has 0 radical (unpaired) electrons. The van der Waals surface area contributed by atoms with Gasteiger partial charge in [-0.1, -0.05) is 25.3 Å². The van der Waals surface area contributed by atoms with E-state index in [2.05, 4.69) is 38.8 Å². The number of piperidine rings is 2. The number of amides is 1. The molecule has 4 heterocycles.